The van der Waals surface area contributed by atoms with Gasteiger partial charge in [-0.3, -0.25) is 0 Å². The molecule has 1 saturated heterocycles. The molecular weight excluding hydrogens is 368 g/mol. The highest BCUT2D eigenvalue weighted by atomic mass is 16.5. The Bertz CT molecular complexity index is 804. The van der Waals surface area contributed by atoms with E-state index < -0.39 is 0 Å². The maximum absolute atomic E-state index is 9.94. The van der Waals surface area contributed by atoms with Crippen LogP contribution in [0.4, 0.5) is 0 Å². The molecular formula is C24H32O5. The van der Waals surface area contributed by atoms with Crippen LogP contribution in [0.5, 0.6) is 23.0 Å². The minimum absolute atomic E-state index is 0.00892. The lowest BCUT2D eigenvalue weighted by molar-refractivity contribution is 0.0875. The Labute approximate surface area is 173 Å². The lowest BCUT2D eigenvalue weighted by Crippen LogP contribution is -2.17. The molecule has 0 aromatic heterocycles. The molecule has 0 bridgehead atoms. The molecule has 0 aliphatic carbocycles. The molecule has 0 saturated carbocycles. The first kappa shape index (κ1) is 21.3. The number of hydrogen-bond donors (Lipinski definition) is 2. The fourth-order valence-electron chi connectivity index (χ4n) is 4.32. The van der Waals surface area contributed by atoms with Crippen LogP contribution in [0, 0.1) is 11.8 Å². The van der Waals surface area contributed by atoms with Crippen LogP contribution in [0.1, 0.15) is 49.8 Å². The van der Waals surface area contributed by atoms with Gasteiger partial charge < -0.3 is 24.4 Å². The Hall–Kier alpha value is -2.40. The molecule has 3 atom stereocenters. The summed E-state index contributed by atoms with van der Waals surface area (Å²) in [6, 6.07) is 11.1. The third kappa shape index (κ3) is 4.96. The van der Waals surface area contributed by atoms with Crippen LogP contribution in [0.3, 0.4) is 0 Å². The number of benzene rings is 2. The number of phenolic OH excluding ortho intramolecular Hbond substituents is 2. The molecule has 0 radical (unpaired) electrons. The van der Waals surface area contributed by atoms with Gasteiger partial charge in [0.2, 0.25) is 0 Å². The Morgan fingerprint density at radius 2 is 1.66 bits per heavy atom. The van der Waals surface area contributed by atoms with E-state index in [1.54, 1.807) is 26.4 Å². The van der Waals surface area contributed by atoms with Gasteiger partial charge in [-0.1, -0.05) is 38.3 Å². The quantitative estimate of drug-likeness (QED) is 0.563. The average Bonchev–Trinajstić information content (AvgIpc) is 3.12. The molecule has 1 fully saturated rings. The second-order valence-corrected chi connectivity index (χ2v) is 7.82. The molecule has 1 heterocycles. The van der Waals surface area contributed by atoms with Crippen molar-refractivity contribution in [2.75, 3.05) is 20.8 Å². The van der Waals surface area contributed by atoms with Crippen LogP contribution in [0.2, 0.25) is 0 Å². The summed E-state index contributed by atoms with van der Waals surface area (Å²) in [6.45, 7) is 2.90. The summed E-state index contributed by atoms with van der Waals surface area (Å²) < 4.78 is 16.8. The van der Waals surface area contributed by atoms with Gasteiger partial charge in [-0.15, -0.1) is 0 Å². The van der Waals surface area contributed by atoms with Crippen molar-refractivity contribution in [3.8, 4) is 23.0 Å². The normalized spacial score (nSPS) is 21.3. The van der Waals surface area contributed by atoms with E-state index in [2.05, 4.69) is 6.92 Å². The highest BCUT2D eigenvalue weighted by Crippen LogP contribution is 2.44. The average molecular weight is 401 g/mol. The lowest BCUT2D eigenvalue weighted by atomic mass is 9.80. The number of hydrogen-bond acceptors (Lipinski definition) is 5. The van der Waals surface area contributed by atoms with Crippen molar-refractivity contribution in [1.82, 2.24) is 0 Å². The Balaban J connectivity index is 1.81. The first-order valence-corrected chi connectivity index (χ1v) is 10.4. The summed E-state index contributed by atoms with van der Waals surface area (Å²) in [5.41, 5.74) is 2.18. The van der Waals surface area contributed by atoms with Crippen molar-refractivity contribution in [2.24, 2.45) is 11.8 Å². The number of phenols is 2. The zero-order valence-electron chi connectivity index (χ0n) is 17.6. The van der Waals surface area contributed by atoms with Crippen LogP contribution >= 0.6 is 0 Å². The number of ether oxygens (including phenoxy) is 3. The molecule has 1 aliphatic rings. The molecule has 3 rings (SSSR count). The van der Waals surface area contributed by atoms with E-state index in [1.165, 1.54) is 19.3 Å². The Morgan fingerprint density at radius 3 is 2.34 bits per heavy atom. The van der Waals surface area contributed by atoms with E-state index in [-0.39, 0.29) is 17.6 Å². The number of rotatable bonds is 9. The van der Waals surface area contributed by atoms with Gasteiger partial charge in [0, 0.05) is 0 Å². The third-order valence-electron chi connectivity index (χ3n) is 5.90. The molecule has 0 unspecified atom stereocenters. The first-order chi connectivity index (χ1) is 14.1. The molecule has 1 aliphatic heterocycles. The van der Waals surface area contributed by atoms with Gasteiger partial charge in [-0.05, 0) is 60.1 Å². The van der Waals surface area contributed by atoms with E-state index in [0.29, 0.717) is 29.9 Å². The highest BCUT2D eigenvalue weighted by Gasteiger charge is 2.38. The van der Waals surface area contributed by atoms with Gasteiger partial charge in [0.05, 0.1) is 26.9 Å². The first-order valence-electron chi connectivity index (χ1n) is 10.4. The Morgan fingerprint density at radius 1 is 0.966 bits per heavy atom. The van der Waals surface area contributed by atoms with Crippen LogP contribution in [-0.2, 0) is 11.2 Å². The van der Waals surface area contributed by atoms with Gasteiger partial charge in [-0.2, -0.15) is 0 Å². The molecule has 158 valence electrons. The maximum Gasteiger partial charge on any atom is 0.160 e. The molecule has 2 N–H and O–H groups in total. The molecule has 29 heavy (non-hydrogen) atoms. The highest BCUT2D eigenvalue weighted by molar-refractivity contribution is 5.43. The minimum Gasteiger partial charge on any atom is -0.504 e. The topological polar surface area (TPSA) is 68.2 Å². The van der Waals surface area contributed by atoms with Crippen molar-refractivity contribution in [3.63, 3.8) is 0 Å². The summed E-state index contributed by atoms with van der Waals surface area (Å²) in [7, 11) is 3.13. The fraction of sp³-hybridized carbons (Fsp3) is 0.500. The molecule has 0 spiro atoms. The van der Waals surface area contributed by atoms with Gasteiger partial charge in [-0.25, -0.2) is 0 Å². The van der Waals surface area contributed by atoms with E-state index in [0.717, 1.165) is 24.0 Å². The molecule has 2 aromatic carbocycles. The number of unbranched alkanes of at least 4 members (excludes halogenated alkanes) is 2. The predicted octanol–water partition coefficient (Wildman–Crippen LogP) is 5.24. The van der Waals surface area contributed by atoms with Gasteiger partial charge in [0.15, 0.2) is 23.0 Å². The predicted molar refractivity (Wildman–Crippen MR) is 113 cm³/mol. The van der Waals surface area contributed by atoms with Gasteiger partial charge in [0.25, 0.3) is 0 Å². The smallest absolute Gasteiger partial charge is 0.160 e. The Kier molecular flexibility index (Phi) is 7.26. The van der Waals surface area contributed by atoms with Crippen molar-refractivity contribution >= 4 is 0 Å². The summed E-state index contributed by atoms with van der Waals surface area (Å²) in [4.78, 5) is 0. The molecule has 2 aromatic rings. The van der Waals surface area contributed by atoms with Crippen LogP contribution < -0.4 is 9.47 Å². The number of methoxy groups -OCH3 is 2. The maximum atomic E-state index is 9.94. The molecule has 5 nitrogen and oxygen atoms in total. The second-order valence-electron chi connectivity index (χ2n) is 7.82. The van der Waals surface area contributed by atoms with Crippen molar-refractivity contribution in [3.05, 3.63) is 47.5 Å². The summed E-state index contributed by atoms with van der Waals surface area (Å²) >= 11 is 0. The fourth-order valence-corrected chi connectivity index (χ4v) is 4.32. The van der Waals surface area contributed by atoms with Crippen LogP contribution in [0.15, 0.2) is 36.4 Å². The third-order valence-corrected chi connectivity index (χ3v) is 5.90. The minimum atomic E-state index is -0.00892. The summed E-state index contributed by atoms with van der Waals surface area (Å²) in [6.07, 6.45) is 5.53. The van der Waals surface area contributed by atoms with Gasteiger partial charge >= 0.3 is 0 Å². The molecule has 5 heteroatoms. The monoisotopic (exact) mass is 400 g/mol. The summed E-state index contributed by atoms with van der Waals surface area (Å²) in [5, 5.41) is 19.8. The van der Waals surface area contributed by atoms with E-state index in [4.69, 9.17) is 14.2 Å². The van der Waals surface area contributed by atoms with Gasteiger partial charge in [0.1, 0.15) is 0 Å². The second kappa shape index (κ2) is 9.88. The van der Waals surface area contributed by atoms with E-state index in [1.807, 2.05) is 24.3 Å². The van der Waals surface area contributed by atoms with Crippen LogP contribution in [-0.4, -0.2) is 31.0 Å². The zero-order chi connectivity index (χ0) is 20.8. The van der Waals surface area contributed by atoms with Crippen molar-refractivity contribution in [2.45, 2.75) is 45.1 Å². The number of aromatic hydroxyl groups is 2. The largest absolute Gasteiger partial charge is 0.504 e. The zero-order valence-corrected chi connectivity index (χ0v) is 17.6. The van der Waals surface area contributed by atoms with E-state index in [9.17, 15) is 10.2 Å². The summed E-state index contributed by atoms with van der Waals surface area (Å²) in [5.74, 6) is 2.05. The lowest BCUT2D eigenvalue weighted by Gasteiger charge is -2.24. The van der Waals surface area contributed by atoms with Crippen LogP contribution in [0.25, 0.3) is 0 Å². The SMILES string of the molecule is CCCCC[C@@H]1[C@H](Cc2ccc(O)c(OC)c2)CO[C@H]1c1ccc(O)c(OC)c1. The van der Waals surface area contributed by atoms with Crippen molar-refractivity contribution in [1.29, 1.82) is 0 Å². The van der Waals surface area contributed by atoms with E-state index >= 15 is 0 Å². The standard InChI is InChI=1S/C24H32O5/c1-4-5-6-7-19-18(12-16-8-10-20(25)22(13-16)27-2)15-29-24(19)17-9-11-21(26)23(14-17)28-3/h8-11,13-14,18-19,24-26H,4-7,12,15H2,1-3H3/t18-,19-,24+/m1/s1. The van der Waals surface area contributed by atoms with Crippen molar-refractivity contribution < 1.29 is 24.4 Å². The molecule has 0 amide bonds.